The lowest BCUT2D eigenvalue weighted by atomic mass is 9.73. The van der Waals surface area contributed by atoms with Crippen molar-refractivity contribution in [2.75, 3.05) is 0 Å². The van der Waals surface area contributed by atoms with Crippen molar-refractivity contribution >= 4 is 16.8 Å². The van der Waals surface area contributed by atoms with Crippen LogP contribution < -0.4 is 11.2 Å². The van der Waals surface area contributed by atoms with Gasteiger partial charge in [-0.15, -0.1) is 6.42 Å². The summed E-state index contributed by atoms with van der Waals surface area (Å²) in [5.41, 5.74) is 0.306. The quantitative estimate of drug-likeness (QED) is 0.782. The molecule has 2 aromatic rings. The van der Waals surface area contributed by atoms with E-state index in [1.807, 2.05) is 20.8 Å². The molecule has 0 radical (unpaired) electrons. The molecule has 6 nitrogen and oxygen atoms in total. The molecule has 1 aliphatic carbocycles. The summed E-state index contributed by atoms with van der Waals surface area (Å²) in [4.78, 5) is 42.1. The van der Waals surface area contributed by atoms with Gasteiger partial charge in [-0.05, 0) is 24.3 Å². The molecule has 0 saturated carbocycles. The molecule has 1 aliphatic rings. The van der Waals surface area contributed by atoms with Crippen LogP contribution in [0.3, 0.4) is 0 Å². The SMILES string of the molecule is C#CCn1c(=O)c2c3c(cnc2n(CC)c1=O)C(=O)CC(C)(C)C3. The van der Waals surface area contributed by atoms with Crippen molar-refractivity contribution in [3.8, 4) is 12.3 Å². The van der Waals surface area contributed by atoms with Gasteiger partial charge in [0.05, 0.1) is 11.9 Å². The monoisotopic (exact) mass is 325 g/mol. The van der Waals surface area contributed by atoms with Gasteiger partial charge in [0.1, 0.15) is 5.65 Å². The summed E-state index contributed by atoms with van der Waals surface area (Å²) in [6.45, 7) is 6.06. The van der Waals surface area contributed by atoms with E-state index in [-0.39, 0.29) is 17.7 Å². The Balaban J connectivity index is 2.52. The lowest BCUT2D eigenvalue weighted by Crippen LogP contribution is -2.41. The summed E-state index contributed by atoms with van der Waals surface area (Å²) < 4.78 is 2.47. The highest BCUT2D eigenvalue weighted by Gasteiger charge is 2.33. The zero-order valence-electron chi connectivity index (χ0n) is 14.0. The Morgan fingerprint density at radius 3 is 2.58 bits per heavy atom. The molecule has 0 atom stereocenters. The molecule has 3 rings (SSSR count). The number of hydrogen-bond donors (Lipinski definition) is 0. The predicted octanol–water partition coefficient (Wildman–Crippen LogP) is 1.37. The third kappa shape index (κ3) is 2.28. The number of carbonyl (C=O) groups is 1. The van der Waals surface area contributed by atoms with Crippen LogP contribution in [0.2, 0.25) is 0 Å². The molecule has 6 heteroatoms. The summed E-state index contributed by atoms with van der Waals surface area (Å²) in [7, 11) is 0. The topological polar surface area (TPSA) is 74.0 Å². The van der Waals surface area contributed by atoms with Gasteiger partial charge >= 0.3 is 5.69 Å². The number of aryl methyl sites for hydroxylation is 1. The van der Waals surface area contributed by atoms with Crippen molar-refractivity contribution in [2.24, 2.45) is 5.41 Å². The maximum Gasteiger partial charge on any atom is 0.333 e. The Kier molecular flexibility index (Phi) is 3.67. The molecule has 0 aromatic carbocycles. The first-order chi connectivity index (χ1) is 11.3. The fraction of sp³-hybridized carbons (Fsp3) is 0.444. The van der Waals surface area contributed by atoms with E-state index in [4.69, 9.17) is 6.42 Å². The van der Waals surface area contributed by atoms with E-state index in [1.54, 1.807) is 0 Å². The first-order valence-electron chi connectivity index (χ1n) is 7.92. The predicted molar refractivity (Wildman–Crippen MR) is 91.2 cm³/mol. The lowest BCUT2D eigenvalue weighted by Gasteiger charge is -2.30. The second-order valence-electron chi connectivity index (χ2n) is 6.91. The number of Topliss-reactive ketones (excluding diaryl/α,β-unsaturated/α-hetero) is 1. The van der Waals surface area contributed by atoms with E-state index >= 15 is 0 Å². The van der Waals surface area contributed by atoms with E-state index in [0.717, 1.165) is 4.57 Å². The Bertz CT molecular complexity index is 1020. The number of rotatable bonds is 2. The highest BCUT2D eigenvalue weighted by molar-refractivity contribution is 6.02. The van der Waals surface area contributed by atoms with Crippen molar-refractivity contribution in [3.63, 3.8) is 0 Å². The standard InChI is InChI=1S/C18H19N3O3/c1-5-7-21-16(23)14-11-8-18(3,4)9-13(22)12(11)10-19-15(14)20(6-2)17(21)24/h1,10H,6-9H2,2-4H3. The molecule has 2 aromatic heterocycles. The zero-order valence-corrected chi connectivity index (χ0v) is 14.0. The van der Waals surface area contributed by atoms with Gasteiger partial charge in [-0.3, -0.25) is 14.2 Å². The Labute approximate surface area is 139 Å². The summed E-state index contributed by atoms with van der Waals surface area (Å²) in [5.74, 6) is 2.33. The van der Waals surface area contributed by atoms with Crippen LogP contribution in [0.4, 0.5) is 0 Å². The molecule has 0 aliphatic heterocycles. The molecule has 0 N–H and O–H groups in total. The van der Waals surface area contributed by atoms with E-state index in [0.29, 0.717) is 41.5 Å². The van der Waals surface area contributed by atoms with Crippen LogP contribution in [0.25, 0.3) is 11.0 Å². The van der Waals surface area contributed by atoms with Crippen molar-refractivity contribution in [1.82, 2.24) is 14.1 Å². The number of nitrogens with zero attached hydrogens (tertiary/aromatic N) is 3. The minimum Gasteiger partial charge on any atom is -0.294 e. The second kappa shape index (κ2) is 5.45. The van der Waals surface area contributed by atoms with Crippen LogP contribution in [0.15, 0.2) is 15.8 Å². The molecule has 2 heterocycles. The van der Waals surface area contributed by atoms with Gasteiger partial charge in [0.15, 0.2) is 5.78 Å². The van der Waals surface area contributed by atoms with E-state index < -0.39 is 11.2 Å². The van der Waals surface area contributed by atoms with Crippen LogP contribution in [-0.2, 0) is 19.5 Å². The average molecular weight is 325 g/mol. The molecule has 0 saturated heterocycles. The number of pyridine rings is 1. The highest BCUT2D eigenvalue weighted by Crippen LogP contribution is 2.36. The van der Waals surface area contributed by atoms with Crippen LogP contribution >= 0.6 is 0 Å². The van der Waals surface area contributed by atoms with E-state index in [9.17, 15) is 14.4 Å². The zero-order chi connectivity index (χ0) is 17.6. The summed E-state index contributed by atoms with van der Waals surface area (Å²) in [6.07, 6.45) is 7.80. The van der Waals surface area contributed by atoms with Crippen molar-refractivity contribution in [1.29, 1.82) is 0 Å². The molecule has 24 heavy (non-hydrogen) atoms. The maximum absolute atomic E-state index is 12.9. The largest absolute Gasteiger partial charge is 0.333 e. The van der Waals surface area contributed by atoms with Gasteiger partial charge in [0.2, 0.25) is 0 Å². The number of ketones is 1. The Hall–Kier alpha value is -2.68. The molecule has 0 fully saturated rings. The maximum atomic E-state index is 12.9. The van der Waals surface area contributed by atoms with Crippen molar-refractivity contribution in [3.05, 3.63) is 38.2 Å². The van der Waals surface area contributed by atoms with Crippen LogP contribution in [0.1, 0.15) is 43.1 Å². The fourth-order valence-corrected chi connectivity index (χ4v) is 3.44. The number of fused-ring (bicyclic) bond motifs is 3. The highest BCUT2D eigenvalue weighted by atomic mass is 16.2. The smallest absolute Gasteiger partial charge is 0.294 e. The van der Waals surface area contributed by atoms with Gasteiger partial charge in [-0.2, -0.15) is 0 Å². The summed E-state index contributed by atoms with van der Waals surface area (Å²) in [6, 6.07) is 0. The second-order valence-corrected chi connectivity index (χ2v) is 6.91. The van der Waals surface area contributed by atoms with Crippen molar-refractivity contribution in [2.45, 2.75) is 46.7 Å². The van der Waals surface area contributed by atoms with Crippen LogP contribution in [-0.4, -0.2) is 19.9 Å². The molecular weight excluding hydrogens is 306 g/mol. The van der Waals surface area contributed by atoms with Gasteiger partial charge in [-0.1, -0.05) is 19.8 Å². The van der Waals surface area contributed by atoms with E-state index in [1.165, 1.54) is 10.8 Å². The first-order valence-corrected chi connectivity index (χ1v) is 7.92. The molecule has 124 valence electrons. The van der Waals surface area contributed by atoms with Gasteiger partial charge < -0.3 is 0 Å². The summed E-state index contributed by atoms with van der Waals surface area (Å²) in [5, 5.41) is 0.338. The lowest BCUT2D eigenvalue weighted by molar-refractivity contribution is 0.0912. The van der Waals surface area contributed by atoms with Crippen molar-refractivity contribution < 1.29 is 4.79 Å². The molecule has 0 spiro atoms. The Morgan fingerprint density at radius 2 is 1.96 bits per heavy atom. The fourth-order valence-electron chi connectivity index (χ4n) is 3.44. The third-order valence-corrected chi connectivity index (χ3v) is 4.50. The van der Waals surface area contributed by atoms with Gasteiger partial charge in [0, 0.05) is 24.7 Å². The van der Waals surface area contributed by atoms with Crippen LogP contribution in [0, 0.1) is 17.8 Å². The molecular formula is C18H19N3O3. The number of terminal acetylenes is 1. The molecule has 0 amide bonds. The number of carbonyl (C=O) groups excluding carboxylic acids is 1. The molecule has 0 bridgehead atoms. The van der Waals surface area contributed by atoms with Gasteiger partial charge in [-0.25, -0.2) is 14.3 Å². The van der Waals surface area contributed by atoms with Crippen LogP contribution in [0.5, 0.6) is 0 Å². The average Bonchev–Trinajstić information content (AvgIpc) is 2.50. The third-order valence-electron chi connectivity index (χ3n) is 4.50. The van der Waals surface area contributed by atoms with Gasteiger partial charge in [0.25, 0.3) is 5.56 Å². The van der Waals surface area contributed by atoms with E-state index in [2.05, 4.69) is 10.9 Å². The minimum absolute atomic E-state index is 0.0206. The Morgan fingerprint density at radius 1 is 1.25 bits per heavy atom. The summed E-state index contributed by atoms with van der Waals surface area (Å²) >= 11 is 0. The number of hydrogen-bond acceptors (Lipinski definition) is 4. The minimum atomic E-state index is -0.471. The normalized spacial score (nSPS) is 16.0. The molecule has 0 unspecified atom stereocenters. The first kappa shape index (κ1) is 16.2. The number of aromatic nitrogens is 3.